The first-order valence-electron chi connectivity index (χ1n) is 4.55. The number of rotatable bonds is 1. The Balaban J connectivity index is 3.05. The van der Waals surface area contributed by atoms with Gasteiger partial charge in [0.25, 0.3) is 0 Å². The maximum atomic E-state index is 5.73. The van der Waals surface area contributed by atoms with Gasteiger partial charge in [0.15, 0.2) is 0 Å². The Kier molecular flexibility index (Phi) is 2.31. The van der Waals surface area contributed by atoms with Crippen molar-refractivity contribution in [1.29, 1.82) is 0 Å². The summed E-state index contributed by atoms with van der Waals surface area (Å²) in [4.78, 5) is 0. The van der Waals surface area contributed by atoms with Gasteiger partial charge >= 0.3 is 0 Å². The minimum absolute atomic E-state index is 0.137. The van der Waals surface area contributed by atoms with Crippen molar-refractivity contribution in [3.8, 4) is 0 Å². The summed E-state index contributed by atoms with van der Waals surface area (Å²) in [7, 11) is 0. The van der Waals surface area contributed by atoms with Gasteiger partial charge in [0, 0.05) is 11.8 Å². The fraction of sp³-hybridized carbons (Fsp3) is 0.636. The number of hydrogen-bond acceptors (Lipinski definition) is 1. The van der Waals surface area contributed by atoms with Crippen LogP contribution in [0, 0.1) is 6.92 Å². The van der Waals surface area contributed by atoms with E-state index in [2.05, 4.69) is 40.7 Å². The lowest BCUT2D eigenvalue weighted by atomic mass is 9.93. The molecule has 68 valence electrons. The molecule has 0 aliphatic carbocycles. The molecule has 12 heavy (non-hydrogen) atoms. The number of hydrogen-bond donors (Lipinski definition) is 0. The SMILES string of the molecule is CCc1oc(C(C)(C)C)cc1C. The van der Waals surface area contributed by atoms with Crippen molar-refractivity contribution in [2.45, 2.75) is 46.5 Å². The first-order valence-corrected chi connectivity index (χ1v) is 4.55. The van der Waals surface area contributed by atoms with Crippen LogP contribution in [-0.2, 0) is 11.8 Å². The van der Waals surface area contributed by atoms with Crippen molar-refractivity contribution in [2.24, 2.45) is 0 Å². The zero-order valence-electron chi connectivity index (χ0n) is 8.69. The van der Waals surface area contributed by atoms with E-state index in [9.17, 15) is 0 Å². The lowest BCUT2D eigenvalue weighted by Gasteiger charge is -2.13. The summed E-state index contributed by atoms with van der Waals surface area (Å²) in [5, 5.41) is 0. The van der Waals surface area contributed by atoms with Gasteiger partial charge < -0.3 is 4.42 Å². The second-order valence-electron chi connectivity index (χ2n) is 4.32. The van der Waals surface area contributed by atoms with Crippen LogP contribution >= 0.6 is 0 Å². The highest BCUT2D eigenvalue weighted by molar-refractivity contribution is 5.23. The molecule has 0 atom stereocenters. The van der Waals surface area contributed by atoms with Gasteiger partial charge in [0.2, 0.25) is 0 Å². The van der Waals surface area contributed by atoms with Crippen LogP contribution in [0.2, 0.25) is 0 Å². The summed E-state index contributed by atoms with van der Waals surface area (Å²) >= 11 is 0. The molecule has 0 unspecified atom stereocenters. The average molecular weight is 166 g/mol. The molecule has 0 aliphatic rings. The van der Waals surface area contributed by atoms with Gasteiger partial charge in [-0.3, -0.25) is 0 Å². The molecule has 0 radical (unpaired) electrons. The molecule has 0 N–H and O–H groups in total. The van der Waals surface area contributed by atoms with Gasteiger partial charge in [-0.05, 0) is 18.6 Å². The van der Waals surface area contributed by atoms with Crippen molar-refractivity contribution in [2.75, 3.05) is 0 Å². The quantitative estimate of drug-likeness (QED) is 0.622. The van der Waals surface area contributed by atoms with Gasteiger partial charge in [0.1, 0.15) is 11.5 Å². The zero-order valence-corrected chi connectivity index (χ0v) is 8.69. The molecule has 0 bridgehead atoms. The summed E-state index contributed by atoms with van der Waals surface area (Å²) < 4.78 is 5.73. The second kappa shape index (κ2) is 2.96. The highest BCUT2D eigenvalue weighted by atomic mass is 16.3. The normalized spacial score (nSPS) is 12.1. The van der Waals surface area contributed by atoms with Gasteiger partial charge in [-0.2, -0.15) is 0 Å². The highest BCUT2D eigenvalue weighted by Gasteiger charge is 2.19. The Morgan fingerprint density at radius 1 is 1.33 bits per heavy atom. The smallest absolute Gasteiger partial charge is 0.109 e. The Hall–Kier alpha value is -0.720. The summed E-state index contributed by atoms with van der Waals surface area (Å²) in [5.41, 5.74) is 1.42. The third kappa shape index (κ3) is 1.71. The molecular weight excluding hydrogens is 148 g/mol. The predicted molar refractivity (Wildman–Crippen MR) is 51.5 cm³/mol. The van der Waals surface area contributed by atoms with E-state index in [4.69, 9.17) is 4.42 Å². The molecule has 1 aromatic heterocycles. The maximum absolute atomic E-state index is 5.73. The van der Waals surface area contributed by atoms with Gasteiger partial charge in [-0.15, -0.1) is 0 Å². The molecule has 0 spiro atoms. The third-order valence-corrected chi connectivity index (χ3v) is 2.08. The standard InChI is InChI=1S/C11H18O/c1-6-9-8(2)7-10(12-9)11(3,4)5/h7H,6H2,1-5H3. The Bertz CT molecular complexity index is 263. The van der Waals surface area contributed by atoms with E-state index in [-0.39, 0.29) is 5.41 Å². The first kappa shape index (κ1) is 9.37. The predicted octanol–water partition coefficient (Wildman–Crippen LogP) is 3.45. The zero-order chi connectivity index (χ0) is 9.35. The average Bonchev–Trinajstić information content (AvgIpc) is 2.29. The molecule has 0 saturated heterocycles. The molecule has 1 rings (SSSR count). The van der Waals surface area contributed by atoms with Crippen molar-refractivity contribution < 1.29 is 4.42 Å². The summed E-state index contributed by atoms with van der Waals surface area (Å²) in [5.74, 6) is 2.22. The molecule has 1 aromatic rings. The van der Waals surface area contributed by atoms with Crippen molar-refractivity contribution >= 4 is 0 Å². The molecule has 1 heterocycles. The van der Waals surface area contributed by atoms with Gasteiger partial charge in [-0.1, -0.05) is 27.7 Å². The van der Waals surface area contributed by atoms with Crippen LogP contribution in [0.25, 0.3) is 0 Å². The van der Waals surface area contributed by atoms with Crippen molar-refractivity contribution in [1.82, 2.24) is 0 Å². The van der Waals surface area contributed by atoms with E-state index in [1.165, 1.54) is 5.56 Å². The van der Waals surface area contributed by atoms with E-state index in [1.54, 1.807) is 0 Å². The van der Waals surface area contributed by atoms with Crippen LogP contribution in [0.1, 0.15) is 44.8 Å². The van der Waals surface area contributed by atoms with Crippen LogP contribution in [0.4, 0.5) is 0 Å². The summed E-state index contributed by atoms with van der Waals surface area (Å²) in [6.07, 6.45) is 0.988. The molecule has 0 saturated carbocycles. The third-order valence-electron chi connectivity index (χ3n) is 2.08. The van der Waals surface area contributed by atoms with Gasteiger partial charge in [-0.25, -0.2) is 0 Å². The molecule has 0 aromatic carbocycles. The largest absolute Gasteiger partial charge is 0.465 e. The van der Waals surface area contributed by atoms with E-state index in [0.717, 1.165) is 17.9 Å². The fourth-order valence-electron chi connectivity index (χ4n) is 1.24. The summed E-state index contributed by atoms with van der Waals surface area (Å²) in [6, 6.07) is 2.15. The molecule has 0 aliphatic heterocycles. The van der Waals surface area contributed by atoms with Crippen LogP contribution in [0.3, 0.4) is 0 Å². The highest BCUT2D eigenvalue weighted by Crippen LogP contribution is 2.26. The lowest BCUT2D eigenvalue weighted by Crippen LogP contribution is -2.09. The Morgan fingerprint density at radius 3 is 2.17 bits per heavy atom. The van der Waals surface area contributed by atoms with Crippen LogP contribution in [0.15, 0.2) is 10.5 Å². The molecule has 1 heteroatoms. The molecule has 0 amide bonds. The fourth-order valence-corrected chi connectivity index (χ4v) is 1.24. The van der Waals surface area contributed by atoms with Gasteiger partial charge in [0.05, 0.1) is 0 Å². The second-order valence-corrected chi connectivity index (χ2v) is 4.32. The molecule has 1 nitrogen and oxygen atoms in total. The Labute approximate surface area is 74.8 Å². The lowest BCUT2D eigenvalue weighted by molar-refractivity contribution is 0.388. The van der Waals surface area contributed by atoms with E-state index in [1.807, 2.05) is 0 Å². The minimum Gasteiger partial charge on any atom is -0.465 e. The van der Waals surface area contributed by atoms with Crippen LogP contribution in [-0.4, -0.2) is 0 Å². The molecule has 0 fully saturated rings. The van der Waals surface area contributed by atoms with E-state index < -0.39 is 0 Å². The monoisotopic (exact) mass is 166 g/mol. The van der Waals surface area contributed by atoms with E-state index >= 15 is 0 Å². The summed E-state index contributed by atoms with van der Waals surface area (Å²) in [6.45, 7) is 10.7. The van der Waals surface area contributed by atoms with E-state index in [0.29, 0.717) is 0 Å². The van der Waals surface area contributed by atoms with Crippen LogP contribution in [0.5, 0.6) is 0 Å². The number of aryl methyl sites for hydroxylation is 2. The first-order chi connectivity index (χ1) is 5.45. The Morgan fingerprint density at radius 2 is 1.92 bits per heavy atom. The molecular formula is C11H18O. The van der Waals surface area contributed by atoms with Crippen molar-refractivity contribution in [3.05, 3.63) is 23.2 Å². The van der Waals surface area contributed by atoms with Crippen molar-refractivity contribution in [3.63, 3.8) is 0 Å². The topological polar surface area (TPSA) is 13.1 Å². The maximum Gasteiger partial charge on any atom is 0.109 e. The van der Waals surface area contributed by atoms with Crippen LogP contribution < -0.4 is 0 Å². The number of furan rings is 1. The minimum atomic E-state index is 0.137.